The van der Waals surface area contributed by atoms with Crippen molar-refractivity contribution < 1.29 is 28.5 Å². The van der Waals surface area contributed by atoms with Crippen molar-refractivity contribution in [2.45, 2.75) is 38.9 Å². The van der Waals surface area contributed by atoms with Crippen LogP contribution in [0.2, 0.25) is 0 Å². The minimum Gasteiger partial charge on any atom is -0.435 e. The van der Waals surface area contributed by atoms with Crippen molar-refractivity contribution in [2.75, 3.05) is 19.7 Å². The predicted octanol–water partition coefficient (Wildman–Crippen LogP) is 2.27. The molecule has 0 saturated carbocycles. The van der Waals surface area contributed by atoms with Gasteiger partial charge in [-0.1, -0.05) is 13.3 Å². The zero-order valence-electron chi connectivity index (χ0n) is 13.6. The predicted molar refractivity (Wildman–Crippen MR) is 84.0 cm³/mol. The molecule has 24 heavy (non-hydrogen) atoms. The summed E-state index contributed by atoms with van der Waals surface area (Å²) < 4.78 is 28.5. The van der Waals surface area contributed by atoms with Crippen LogP contribution >= 0.6 is 0 Å². The Hall–Kier alpha value is -1.73. The fourth-order valence-corrected chi connectivity index (χ4v) is 3.22. The number of hydrogen-bond acceptors (Lipinski definition) is 4. The Bertz CT molecular complexity index is 552. The van der Waals surface area contributed by atoms with Crippen molar-refractivity contribution in [1.29, 1.82) is 0 Å². The molecule has 0 aromatic heterocycles. The summed E-state index contributed by atoms with van der Waals surface area (Å²) in [4.78, 5) is 14.0. The van der Waals surface area contributed by atoms with Crippen LogP contribution in [-0.4, -0.2) is 53.4 Å². The molecule has 0 radical (unpaired) electrons. The van der Waals surface area contributed by atoms with Gasteiger partial charge in [0.2, 0.25) is 0 Å². The zero-order valence-corrected chi connectivity index (χ0v) is 13.6. The lowest BCUT2D eigenvalue weighted by Crippen LogP contribution is -2.54. The van der Waals surface area contributed by atoms with Gasteiger partial charge in [0, 0.05) is 24.1 Å². The molecular formula is C17H23F2NO4. The van der Waals surface area contributed by atoms with Crippen LogP contribution in [-0.2, 0) is 0 Å². The number of alkyl halides is 2. The highest BCUT2D eigenvalue weighted by atomic mass is 19.3. The van der Waals surface area contributed by atoms with Gasteiger partial charge in [0.15, 0.2) is 0 Å². The van der Waals surface area contributed by atoms with E-state index in [4.69, 9.17) is 0 Å². The summed E-state index contributed by atoms with van der Waals surface area (Å²) in [6.45, 7) is -0.441. The maximum absolute atomic E-state index is 12.5. The number of rotatable bonds is 6. The molecule has 7 heteroatoms. The number of likely N-dealkylation sites (tertiary alicyclic amines) is 1. The van der Waals surface area contributed by atoms with Crippen molar-refractivity contribution in [2.24, 2.45) is 5.41 Å². The van der Waals surface area contributed by atoms with Crippen molar-refractivity contribution in [3.05, 3.63) is 29.8 Å². The second kappa shape index (κ2) is 7.90. The van der Waals surface area contributed by atoms with Gasteiger partial charge in [-0.3, -0.25) is 4.79 Å². The molecule has 1 amide bonds. The summed E-state index contributed by atoms with van der Waals surface area (Å²) in [7, 11) is 0. The normalized spacial score (nSPS) is 24.2. The molecule has 0 aliphatic carbocycles. The molecule has 1 fully saturated rings. The lowest BCUT2D eigenvalue weighted by molar-refractivity contribution is -0.0713. The summed E-state index contributed by atoms with van der Waals surface area (Å²) >= 11 is 0. The first-order valence-corrected chi connectivity index (χ1v) is 8.05. The van der Waals surface area contributed by atoms with Crippen LogP contribution in [0.5, 0.6) is 5.75 Å². The molecule has 2 N–H and O–H groups in total. The number of ether oxygens (including phenoxy) is 1. The number of aliphatic hydroxyl groups excluding tert-OH is 2. The average molecular weight is 343 g/mol. The third-order valence-electron chi connectivity index (χ3n) is 4.66. The molecule has 1 heterocycles. The number of nitrogens with zero attached hydrogens (tertiary/aromatic N) is 1. The minimum atomic E-state index is -2.91. The van der Waals surface area contributed by atoms with Gasteiger partial charge in [0.25, 0.3) is 5.91 Å². The molecular weight excluding hydrogens is 320 g/mol. The van der Waals surface area contributed by atoms with Crippen LogP contribution in [0, 0.1) is 5.41 Å². The van der Waals surface area contributed by atoms with Gasteiger partial charge >= 0.3 is 6.61 Å². The number of β-amino-alcohol motifs (C(OH)–C–C–N with tert-alkyl or cyclic N) is 1. The molecule has 1 aliphatic rings. The van der Waals surface area contributed by atoms with Gasteiger partial charge in [0.05, 0.1) is 12.7 Å². The lowest BCUT2D eigenvalue weighted by Gasteiger charge is -2.44. The van der Waals surface area contributed by atoms with Gasteiger partial charge in [-0.05, 0) is 37.1 Å². The van der Waals surface area contributed by atoms with Crippen molar-refractivity contribution in [3.63, 3.8) is 0 Å². The van der Waals surface area contributed by atoms with E-state index in [0.29, 0.717) is 24.9 Å². The number of hydrogen-bond donors (Lipinski definition) is 2. The Morgan fingerprint density at radius 2 is 2.08 bits per heavy atom. The molecule has 5 nitrogen and oxygen atoms in total. The van der Waals surface area contributed by atoms with E-state index in [1.54, 1.807) is 0 Å². The summed E-state index contributed by atoms with van der Waals surface area (Å²) in [6, 6.07) is 5.47. The first kappa shape index (κ1) is 18.6. The highest BCUT2D eigenvalue weighted by molar-refractivity contribution is 5.94. The Morgan fingerprint density at radius 3 is 2.58 bits per heavy atom. The topological polar surface area (TPSA) is 70.0 Å². The Balaban J connectivity index is 2.04. The van der Waals surface area contributed by atoms with E-state index in [1.807, 2.05) is 6.92 Å². The number of carbonyl (C=O) groups excluding carboxylic acids is 1. The average Bonchev–Trinajstić information content (AvgIpc) is 2.56. The van der Waals surface area contributed by atoms with Crippen LogP contribution in [0.4, 0.5) is 8.78 Å². The van der Waals surface area contributed by atoms with Crippen LogP contribution < -0.4 is 4.74 Å². The quantitative estimate of drug-likeness (QED) is 0.831. The number of amides is 1. The maximum atomic E-state index is 12.5. The standard InChI is InChI=1S/C17H23F2NO4/c1-2-7-17(11-21)8-9-20(10-14(17)22)15(23)12-3-5-13(6-4-12)24-16(18)19/h3-6,14,16,21-22H,2,7-11H2,1H3/t14-,17-/m1/s1. The van der Waals surface area contributed by atoms with E-state index in [-0.39, 0.29) is 24.8 Å². The van der Waals surface area contributed by atoms with Gasteiger partial charge in [-0.15, -0.1) is 0 Å². The van der Waals surface area contributed by atoms with E-state index in [9.17, 15) is 23.8 Å². The van der Waals surface area contributed by atoms with E-state index in [0.717, 1.165) is 6.42 Å². The molecule has 2 atom stereocenters. The first-order chi connectivity index (χ1) is 11.4. The number of carbonyl (C=O) groups is 1. The molecule has 1 aliphatic heterocycles. The molecule has 1 aromatic rings. The van der Waals surface area contributed by atoms with Crippen molar-refractivity contribution >= 4 is 5.91 Å². The van der Waals surface area contributed by atoms with E-state index >= 15 is 0 Å². The van der Waals surface area contributed by atoms with Crippen LogP contribution in [0.25, 0.3) is 0 Å². The monoisotopic (exact) mass is 343 g/mol. The SMILES string of the molecule is CCC[C@]1(CO)CCN(C(=O)c2ccc(OC(F)F)cc2)C[C@H]1O. The molecule has 134 valence electrons. The van der Waals surface area contributed by atoms with E-state index < -0.39 is 18.1 Å². The van der Waals surface area contributed by atoms with E-state index in [2.05, 4.69) is 4.74 Å². The van der Waals surface area contributed by atoms with Gasteiger partial charge in [-0.25, -0.2) is 0 Å². The van der Waals surface area contributed by atoms with Crippen LogP contribution in [0.1, 0.15) is 36.5 Å². The summed E-state index contributed by atoms with van der Waals surface area (Å²) in [5.41, 5.74) is -0.212. The molecule has 2 rings (SSSR count). The summed E-state index contributed by atoms with van der Waals surface area (Å²) in [6.07, 6.45) is 1.28. The van der Waals surface area contributed by atoms with E-state index in [1.165, 1.54) is 29.2 Å². The zero-order chi connectivity index (χ0) is 17.7. The second-order valence-corrected chi connectivity index (χ2v) is 6.19. The molecule has 1 aromatic carbocycles. The number of halogens is 2. The summed E-state index contributed by atoms with van der Waals surface area (Å²) in [5.74, 6) is -0.289. The smallest absolute Gasteiger partial charge is 0.387 e. The fourth-order valence-electron chi connectivity index (χ4n) is 3.22. The third-order valence-corrected chi connectivity index (χ3v) is 4.66. The number of piperidine rings is 1. The third kappa shape index (κ3) is 4.02. The van der Waals surface area contributed by atoms with Crippen molar-refractivity contribution in [3.8, 4) is 5.75 Å². The van der Waals surface area contributed by atoms with Crippen LogP contribution in [0.15, 0.2) is 24.3 Å². The van der Waals surface area contributed by atoms with Gasteiger partial charge in [0.1, 0.15) is 5.75 Å². The fraction of sp³-hybridized carbons (Fsp3) is 0.588. The Morgan fingerprint density at radius 1 is 1.42 bits per heavy atom. The molecule has 0 bridgehead atoms. The highest BCUT2D eigenvalue weighted by Crippen LogP contribution is 2.36. The Kier molecular flexibility index (Phi) is 6.12. The largest absolute Gasteiger partial charge is 0.435 e. The molecule has 1 saturated heterocycles. The molecule has 0 unspecified atom stereocenters. The van der Waals surface area contributed by atoms with Gasteiger partial charge in [-0.2, -0.15) is 8.78 Å². The number of aliphatic hydroxyl groups is 2. The maximum Gasteiger partial charge on any atom is 0.387 e. The van der Waals surface area contributed by atoms with Crippen molar-refractivity contribution in [1.82, 2.24) is 4.90 Å². The van der Waals surface area contributed by atoms with Gasteiger partial charge < -0.3 is 19.8 Å². The highest BCUT2D eigenvalue weighted by Gasteiger charge is 2.42. The summed E-state index contributed by atoms with van der Waals surface area (Å²) in [5, 5.41) is 20.1. The second-order valence-electron chi connectivity index (χ2n) is 6.19. The minimum absolute atomic E-state index is 0.0116. The number of benzene rings is 1. The van der Waals surface area contributed by atoms with Crippen LogP contribution in [0.3, 0.4) is 0 Å². The first-order valence-electron chi connectivity index (χ1n) is 8.05. The Labute approximate surface area is 139 Å². The lowest BCUT2D eigenvalue weighted by atomic mass is 9.73. The molecule has 0 spiro atoms.